The Morgan fingerprint density at radius 2 is 1.02 bits per heavy atom. The largest absolute Gasteiger partial charge is 0.354 e. The molecule has 50 heavy (non-hydrogen) atoms. The van der Waals surface area contributed by atoms with Crippen LogP contribution in [0.3, 0.4) is 0 Å². The fraction of sp³-hybridized carbons (Fsp3) is 0. The molecule has 0 amide bonds. The van der Waals surface area contributed by atoms with Crippen LogP contribution in [-0.2, 0) is 20.1 Å². The van der Waals surface area contributed by atoms with Crippen LogP contribution in [0.15, 0.2) is 170 Å². The second-order valence-electron chi connectivity index (χ2n) is 12.4. The van der Waals surface area contributed by atoms with Gasteiger partial charge in [0.15, 0.2) is 0 Å². The number of aromatic nitrogens is 3. The standard InChI is InChI=1S/C45H28N3S.Ir/c1-3-13-30(14-4-1)32-25-33(31-15-5-2-6-16-31)27-34(26-32)47-40-20-9-7-17-35(40)37-28-38-36-18-8-10-21-41(36)48(43(38)29-42(37)47)45-23-22-44(49-45)39-19-11-12-24-46-39;/h1-21,23-29H;/q-1;. The third-order valence-corrected chi connectivity index (χ3v) is 10.5. The summed E-state index contributed by atoms with van der Waals surface area (Å²) in [4.78, 5) is 5.63. The normalized spacial score (nSPS) is 11.4. The van der Waals surface area contributed by atoms with Crippen molar-refractivity contribution in [2.75, 3.05) is 0 Å². The van der Waals surface area contributed by atoms with Crippen molar-refractivity contribution in [3.63, 3.8) is 0 Å². The molecule has 4 heterocycles. The molecule has 0 unspecified atom stereocenters. The first-order valence-electron chi connectivity index (χ1n) is 16.5. The van der Waals surface area contributed by atoms with Crippen LogP contribution in [-0.4, -0.2) is 14.1 Å². The SMILES string of the molecule is [Ir].[c-]1cc(-n2c3ccccc3c3cc4c5ccccc5n(-c5cc(-c6ccccc6)cc(-c6ccccc6)c5)c4cc32)sc1-c1ccccn1. The van der Waals surface area contributed by atoms with E-state index in [1.807, 2.05) is 24.4 Å². The van der Waals surface area contributed by atoms with Gasteiger partial charge in [0.2, 0.25) is 0 Å². The van der Waals surface area contributed by atoms with Crippen molar-refractivity contribution in [3.8, 4) is 43.5 Å². The van der Waals surface area contributed by atoms with Crippen molar-refractivity contribution in [1.29, 1.82) is 0 Å². The number of hydrogen-bond donors (Lipinski definition) is 0. The predicted molar refractivity (Wildman–Crippen MR) is 206 cm³/mol. The van der Waals surface area contributed by atoms with Crippen molar-refractivity contribution >= 4 is 54.9 Å². The molecule has 0 saturated heterocycles. The van der Waals surface area contributed by atoms with Crippen molar-refractivity contribution in [1.82, 2.24) is 14.1 Å². The predicted octanol–water partition coefficient (Wildman–Crippen LogP) is 12.1. The number of nitrogens with zero attached hydrogens (tertiary/aromatic N) is 3. The van der Waals surface area contributed by atoms with Crippen LogP contribution in [0.2, 0.25) is 0 Å². The second kappa shape index (κ2) is 12.4. The maximum atomic E-state index is 4.60. The number of hydrogen-bond acceptors (Lipinski definition) is 2. The number of pyridine rings is 1. The van der Waals surface area contributed by atoms with Crippen molar-refractivity contribution in [3.05, 3.63) is 176 Å². The van der Waals surface area contributed by atoms with E-state index in [2.05, 4.69) is 166 Å². The molecule has 1 radical (unpaired) electrons. The molecule has 0 N–H and O–H groups in total. The molecule has 0 atom stereocenters. The minimum Gasteiger partial charge on any atom is -0.354 e. The van der Waals surface area contributed by atoms with E-state index in [4.69, 9.17) is 0 Å². The number of para-hydroxylation sites is 2. The summed E-state index contributed by atoms with van der Waals surface area (Å²) in [6, 6.07) is 62.3. The van der Waals surface area contributed by atoms with E-state index in [1.54, 1.807) is 11.3 Å². The fourth-order valence-corrected chi connectivity index (χ4v) is 8.26. The van der Waals surface area contributed by atoms with Gasteiger partial charge in [0.05, 0.1) is 11.0 Å². The zero-order chi connectivity index (χ0) is 32.3. The molecular weight excluding hydrogens is 807 g/mol. The van der Waals surface area contributed by atoms with E-state index in [1.165, 1.54) is 65.9 Å². The Bertz CT molecular complexity index is 2760. The molecule has 10 rings (SSSR count). The minimum atomic E-state index is 0. The van der Waals surface area contributed by atoms with Gasteiger partial charge < -0.3 is 14.1 Å². The molecule has 0 aliphatic carbocycles. The molecule has 0 aliphatic rings. The zero-order valence-corrected chi connectivity index (χ0v) is 30.0. The van der Waals surface area contributed by atoms with Crippen LogP contribution in [0, 0.1) is 6.07 Å². The van der Waals surface area contributed by atoms with Crippen LogP contribution >= 0.6 is 11.3 Å². The molecule has 3 nitrogen and oxygen atoms in total. The van der Waals surface area contributed by atoms with Gasteiger partial charge in [-0.25, -0.2) is 11.3 Å². The van der Waals surface area contributed by atoms with Gasteiger partial charge in [-0.1, -0.05) is 114 Å². The first-order valence-corrected chi connectivity index (χ1v) is 17.3. The van der Waals surface area contributed by atoms with Crippen LogP contribution < -0.4 is 0 Å². The van der Waals surface area contributed by atoms with Gasteiger partial charge in [0.25, 0.3) is 0 Å². The van der Waals surface area contributed by atoms with Gasteiger partial charge in [0, 0.05) is 64.6 Å². The van der Waals surface area contributed by atoms with E-state index in [-0.39, 0.29) is 20.1 Å². The van der Waals surface area contributed by atoms with Gasteiger partial charge in [-0.15, -0.1) is 6.07 Å². The van der Waals surface area contributed by atoms with Gasteiger partial charge in [0.1, 0.15) is 0 Å². The smallest absolute Gasteiger partial charge is 0.0562 e. The van der Waals surface area contributed by atoms with Crippen molar-refractivity contribution in [2.24, 2.45) is 0 Å². The molecule has 0 bridgehead atoms. The quantitative estimate of drug-likeness (QED) is 0.158. The average molecular weight is 835 g/mol. The molecule has 5 heteroatoms. The van der Waals surface area contributed by atoms with Gasteiger partial charge in [-0.2, -0.15) is 6.07 Å². The van der Waals surface area contributed by atoms with Crippen molar-refractivity contribution < 1.29 is 20.1 Å². The average Bonchev–Trinajstić information content (AvgIpc) is 3.87. The fourth-order valence-electron chi connectivity index (χ4n) is 7.31. The van der Waals surface area contributed by atoms with E-state index in [0.29, 0.717) is 0 Å². The molecule has 0 spiro atoms. The Morgan fingerprint density at radius 3 is 1.64 bits per heavy atom. The maximum Gasteiger partial charge on any atom is 0.0562 e. The monoisotopic (exact) mass is 835 g/mol. The zero-order valence-electron chi connectivity index (χ0n) is 26.7. The third-order valence-electron chi connectivity index (χ3n) is 9.51. The first kappa shape index (κ1) is 30.5. The topological polar surface area (TPSA) is 22.8 Å². The van der Waals surface area contributed by atoms with Gasteiger partial charge in [-0.3, -0.25) is 0 Å². The summed E-state index contributed by atoms with van der Waals surface area (Å²) in [5, 5.41) is 6.07. The Labute approximate surface area is 307 Å². The summed E-state index contributed by atoms with van der Waals surface area (Å²) >= 11 is 1.72. The number of thiophene rings is 1. The number of benzene rings is 6. The summed E-state index contributed by atoms with van der Waals surface area (Å²) in [5.74, 6) is 0. The van der Waals surface area contributed by atoms with E-state index < -0.39 is 0 Å². The number of fused-ring (bicyclic) bond motifs is 6. The summed E-state index contributed by atoms with van der Waals surface area (Å²) in [6.45, 7) is 0. The minimum absolute atomic E-state index is 0. The molecule has 10 aromatic rings. The second-order valence-corrected chi connectivity index (χ2v) is 13.4. The first-order chi connectivity index (χ1) is 24.3. The van der Waals surface area contributed by atoms with Crippen LogP contribution in [0.25, 0.3) is 87.1 Å². The molecule has 6 aromatic carbocycles. The van der Waals surface area contributed by atoms with Gasteiger partial charge in [-0.05, 0) is 81.5 Å². The number of rotatable bonds is 5. The molecule has 239 valence electrons. The summed E-state index contributed by atoms with van der Waals surface area (Å²) in [6.07, 6.45) is 1.84. The Balaban J connectivity index is 0.00000336. The van der Waals surface area contributed by atoms with E-state index in [0.717, 1.165) is 21.3 Å². The summed E-state index contributed by atoms with van der Waals surface area (Å²) in [5.41, 5.74) is 11.6. The molecule has 0 saturated carbocycles. The Hall–Kier alpha value is -5.58. The van der Waals surface area contributed by atoms with Crippen LogP contribution in [0.4, 0.5) is 0 Å². The summed E-state index contributed by atoms with van der Waals surface area (Å²) < 4.78 is 4.85. The Morgan fingerprint density at radius 1 is 0.460 bits per heavy atom. The molecule has 0 fully saturated rings. The van der Waals surface area contributed by atoms with Crippen LogP contribution in [0.1, 0.15) is 0 Å². The van der Waals surface area contributed by atoms with Gasteiger partial charge >= 0.3 is 0 Å². The molecule has 0 aliphatic heterocycles. The Kier molecular flexibility index (Phi) is 7.55. The third kappa shape index (κ3) is 4.94. The molecule has 4 aromatic heterocycles. The van der Waals surface area contributed by atoms with E-state index in [9.17, 15) is 0 Å². The molecular formula is C45H28IrN3S-. The summed E-state index contributed by atoms with van der Waals surface area (Å²) in [7, 11) is 0. The van der Waals surface area contributed by atoms with Crippen molar-refractivity contribution in [2.45, 2.75) is 0 Å². The van der Waals surface area contributed by atoms with E-state index >= 15 is 0 Å². The van der Waals surface area contributed by atoms with Crippen LogP contribution in [0.5, 0.6) is 0 Å². The maximum absolute atomic E-state index is 4.60.